The Bertz CT molecular complexity index is 660. The first-order valence-corrected chi connectivity index (χ1v) is 8.40. The van der Waals surface area contributed by atoms with E-state index in [1.165, 1.54) is 12.1 Å². The lowest BCUT2D eigenvalue weighted by molar-refractivity contribution is 0.380. The van der Waals surface area contributed by atoms with Crippen LogP contribution in [0.3, 0.4) is 0 Å². The average molecular weight is 332 g/mol. The number of benzene rings is 1. The van der Waals surface area contributed by atoms with Crippen LogP contribution in [0, 0.1) is 5.82 Å². The highest BCUT2D eigenvalue weighted by atomic mass is 19.1. The molecule has 0 unspecified atom stereocenters. The smallest absolute Gasteiger partial charge is 0.191 e. The van der Waals surface area contributed by atoms with Crippen molar-refractivity contribution in [2.24, 2.45) is 4.99 Å². The molecule has 5 nitrogen and oxygen atoms in total. The summed E-state index contributed by atoms with van der Waals surface area (Å²) in [6.45, 7) is 7.88. The first-order valence-electron chi connectivity index (χ1n) is 8.40. The third-order valence-corrected chi connectivity index (χ3v) is 3.69. The van der Waals surface area contributed by atoms with Crippen molar-refractivity contribution in [3.8, 4) is 0 Å². The first-order chi connectivity index (χ1) is 11.7. The number of guanidine groups is 1. The maximum Gasteiger partial charge on any atom is 0.191 e. The van der Waals surface area contributed by atoms with Gasteiger partial charge in [0.1, 0.15) is 11.6 Å². The van der Waals surface area contributed by atoms with Gasteiger partial charge in [0.05, 0.1) is 12.2 Å². The number of nitrogens with zero attached hydrogens (tertiary/aromatic N) is 2. The van der Waals surface area contributed by atoms with Gasteiger partial charge >= 0.3 is 0 Å². The second-order valence-corrected chi connectivity index (χ2v) is 5.42. The summed E-state index contributed by atoms with van der Waals surface area (Å²) in [6, 6.07) is 6.48. The Labute approximate surface area is 142 Å². The molecule has 0 aliphatic carbocycles. The minimum Gasteiger partial charge on any atom is -0.361 e. The molecule has 24 heavy (non-hydrogen) atoms. The number of aryl methyl sites for hydroxylation is 2. The molecule has 0 amide bonds. The Morgan fingerprint density at radius 3 is 2.71 bits per heavy atom. The quantitative estimate of drug-likeness (QED) is 0.604. The van der Waals surface area contributed by atoms with Crippen LogP contribution in [0.1, 0.15) is 43.4 Å². The molecule has 2 aromatic rings. The summed E-state index contributed by atoms with van der Waals surface area (Å²) in [5.74, 6) is 1.35. The van der Waals surface area contributed by atoms with E-state index in [1.807, 2.05) is 19.9 Å². The van der Waals surface area contributed by atoms with Crippen molar-refractivity contribution >= 4 is 5.96 Å². The van der Waals surface area contributed by atoms with Crippen molar-refractivity contribution < 1.29 is 8.91 Å². The SMILES string of the molecule is CCNC(=NCc1cccc(F)c1)NCc1c(CC)noc1CC. The van der Waals surface area contributed by atoms with Crippen molar-refractivity contribution in [2.45, 2.75) is 46.7 Å². The number of aliphatic imine (C=N–C) groups is 1. The lowest BCUT2D eigenvalue weighted by Gasteiger charge is -2.11. The van der Waals surface area contributed by atoms with Crippen molar-refractivity contribution in [1.29, 1.82) is 0 Å². The summed E-state index contributed by atoms with van der Waals surface area (Å²) < 4.78 is 18.6. The Kier molecular flexibility index (Phi) is 6.78. The van der Waals surface area contributed by atoms with Crippen LogP contribution < -0.4 is 10.6 Å². The standard InChI is InChI=1S/C18H25FN4O/c1-4-16-15(17(5-2)24-23-16)12-22-18(20-6-3)21-11-13-8-7-9-14(19)10-13/h7-10H,4-6,11-12H2,1-3H3,(H2,20,21,22). The maximum atomic E-state index is 13.2. The highest BCUT2D eigenvalue weighted by molar-refractivity contribution is 5.79. The molecule has 0 radical (unpaired) electrons. The van der Waals surface area contributed by atoms with Crippen molar-refractivity contribution in [3.63, 3.8) is 0 Å². The Balaban J connectivity index is 2.05. The Morgan fingerprint density at radius 2 is 2.04 bits per heavy atom. The molecule has 2 N–H and O–H groups in total. The molecular weight excluding hydrogens is 307 g/mol. The van der Waals surface area contributed by atoms with Gasteiger partial charge in [0, 0.05) is 25.1 Å². The molecule has 0 atom stereocenters. The van der Waals surface area contributed by atoms with Gasteiger partial charge in [-0.2, -0.15) is 0 Å². The largest absolute Gasteiger partial charge is 0.361 e. The van der Waals surface area contributed by atoms with Gasteiger partial charge in [0.15, 0.2) is 5.96 Å². The summed E-state index contributed by atoms with van der Waals surface area (Å²) >= 11 is 0. The van der Waals surface area contributed by atoms with Gasteiger partial charge in [-0.1, -0.05) is 31.1 Å². The van der Waals surface area contributed by atoms with Crippen molar-refractivity contribution in [2.75, 3.05) is 6.54 Å². The van der Waals surface area contributed by atoms with E-state index in [9.17, 15) is 4.39 Å². The summed E-state index contributed by atoms with van der Waals surface area (Å²) in [5.41, 5.74) is 2.90. The fraction of sp³-hybridized carbons (Fsp3) is 0.444. The molecule has 0 aliphatic heterocycles. The second-order valence-electron chi connectivity index (χ2n) is 5.42. The van der Waals surface area contributed by atoms with Gasteiger partial charge < -0.3 is 15.2 Å². The zero-order chi connectivity index (χ0) is 17.4. The molecule has 0 saturated carbocycles. The number of nitrogens with one attached hydrogen (secondary N) is 2. The van der Waals surface area contributed by atoms with Gasteiger partial charge in [-0.25, -0.2) is 9.38 Å². The van der Waals surface area contributed by atoms with Crippen LogP contribution in [0.4, 0.5) is 4.39 Å². The molecule has 1 aromatic heterocycles. The van der Waals surface area contributed by atoms with Crippen LogP contribution in [-0.4, -0.2) is 17.7 Å². The van der Waals surface area contributed by atoms with Crippen LogP contribution >= 0.6 is 0 Å². The predicted octanol–water partition coefficient (Wildman–Crippen LogP) is 3.19. The molecule has 0 fully saturated rings. The van der Waals surface area contributed by atoms with Gasteiger partial charge in [-0.3, -0.25) is 0 Å². The van der Waals surface area contributed by atoms with Crippen LogP contribution in [0.25, 0.3) is 0 Å². The third kappa shape index (κ3) is 4.81. The molecular formula is C18H25FN4O. The first kappa shape index (κ1) is 18.0. The van der Waals surface area contributed by atoms with E-state index < -0.39 is 0 Å². The van der Waals surface area contributed by atoms with E-state index >= 15 is 0 Å². The maximum absolute atomic E-state index is 13.2. The number of halogens is 1. The molecule has 6 heteroatoms. The van der Waals surface area contributed by atoms with Gasteiger partial charge in [0.25, 0.3) is 0 Å². The normalized spacial score (nSPS) is 11.6. The molecule has 1 heterocycles. The van der Waals surface area contributed by atoms with Crippen LogP contribution in [0.2, 0.25) is 0 Å². The highest BCUT2D eigenvalue weighted by Gasteiger charge is 2.13. The zero-order valence-electron chi connectivity index (χ0n) is 14.5. The Morgan fingerprint density at radius 1 is 1.21 bits per heavy atom. The number of hydrogen-bond acceptors (Lipinski definition) is 3. The van der Waals surface area contributed by atoms with E-state index in [4.69, 9.17) is 4.52 Å². The number of aromatic nitrogens is 1. The molecule has 0 saturated heterocycles. The summed E-state index contributed by atoms with van der Waals surface area (Å²) in [6.07, 6.45) is 1.64. The fourth-order valence-electron chi connectivity index (χ4n) is 2.46. The summed E-state index contributed by atoms with van der Waals surface area (Å²) in [7, 11) is 0. The van der Waals surface area contributed by atoms with E-state index in [2.05, 4.69) is 27.7 Å². The summed E-state index contributed by atoms with van der Waals surface area (Å²) in [4.78, 5) is 4.51. The zero-order valence-corrected chi connectivity index (χ0v) is 14.5. The molecule has 2 rings (SSSR count). The van der Waals surface area contributed by atoms with E-state index in [1.54, 1.807) is 6.07 Å². The van der Waals surface area contributed by atoms with Crippen molar-refractivity contribution in [3.05, 3.63) is 52.7 Å². The minimum atomic E-state index is -0.245. The lowest BCUT2D eigenvalue weighted by atomic mass is 10.1. The van der Waals surface area contributed by atoms with Gasteiger partial charge in [0.2, 0.25) is 0 Å². The molecule has 0 bridgehead atoms. The number of rotatable bonds is 7. The van der Waals surface area contributed by atoms with Crippen molar-refractivity contribution in [1.82, 2.24) is 15.8 Å². The molecule has 0 spiro atoms. The fourth-order valence-corrected chi connectivity index (χ4v) is 2.46. The topological polar surface area (TPSA) is 62.5 Å². The predicted molar refractivity (Wildman–Crippen MR) is 93.3 cm³/mol. The highest BCUT2D eigenvalue weighted by Crippen LogP contribution is 2.15. The molecule has 130 valence electrons. The Hall–Kier alpha value is -2.37. The van der Waals surface area contributed by atoms with Crippen LogP contribution in [0.15, 0.2) is 33.8 Å². The molecule has 0 aliphatic rings. The van der Waals surface area contributed by atoms with Crippen LogP contribution in [-0.2, 0) is 25.9 Å². The molecule has 1 aromatic carbocycles. The third-order valence-electron chi connectivity index (χ3n) is 3.69. The number of hydrogen-bond donors (Lipinski definition) is 2. The van der Waals surface area contributed by atoms with Gasteiger partial charge in [-0.15, -0.1) is 0 Å². The van der Waals surface area contributed by atoms with E-state index in [0.717, 1.165) is 42.0 Å². The lowest BCUT2D eigenvalue weighted by Crippen LogP contribution is -2.37. The summed E-state index contributed by atoms with van der Waals surface area (Å²) in [5, 5.41) is 10.6. The second kappa shape index (κ2) is 9.05. The van der Waals surface area contributed by atoms with Gasteiger partial charge in [-0.05, 0) is 31.0 Å². The minimum absolute atomic E-state index is 0.245. The van der Waals surface area contributed by atoms with Crippen LogP contribution in [0.5, 0.6) is 0 Å². The monoisotopic (exact) mass is 332 g/mol. The van der Waals surface area contributed by atoms with E-state index in [-0.39, 0.29) is 5.82 Å². The average Bonchev–Trinajstić information content (AvgIpc) is 2.99. The van der Waals surface area contributed by atoms with E-state index in [0.29, 0.717) is 19.0 Å².